The average molecular weight is 381 g/mol. The molecule has 144 valence electrons. The maximum atomic E-state index is 12.8. The third-order valence-electron chi connectivity index (χ3n) is 4.59. The van der Waals surface area contributed by atoms with Crippen LogP contribution in [0, 0.1) is 0 Å². The summed E-state index contributed by atoms with van der Waals surface area (Å²) in [5, 5.41) is 19.8. The number of Topliss-reactive ketones (excluding diaryl/α,β-unsaturated/α-hetero) is 1. The Morgan fingerprint density at radius 3 is 2.32 bits per heavy atom. The summed E-state index contributed by atoms with van der Waals surface area (Å²) in [6.07, 6.45) is -0.329. The molecule has 7 nitrogen and oxygen atoms in total. The van der Waals surface area contributed by atoms with E-state index < -0.39 is 23.7 Å². The number of aliphatic hydroxyl groups excluding tert-OH is 1. The van der Waals surface area contributed by atoms with Crippen LogP contribution in [0.5, 0.6) is 5.75 Å². The van der Waals surface area contributed by atoms with Crippen LogP contribution in [0.3, 0.4) is 0 Å². The van der Waals surface area contributed by atoms with Gasteiger partial charge in [-0.3, -0.25) is 14.4 Å². The predicted molar refractivity (Wildman–Crippen MR) is 101 cm³/mol. The monoisotopic (exact) mass is 381 g/mol. The number of hydrogen-bond donors (Lipinski definition) is 2. The molecule has 1 aliphatic rings. The molecule has 0 spiro atoms. The first-order chi connectivity index (χ1) is 13.5. The number of carboxylic acid groups (broad SMARTS) is 1. The van der Waals surface area contributed by atoms with Gasteiger partial charge in [0.25, 0.3) is 11.7 Å². The molecule has 1 atom stereocenters. The van der Waals surface area contributed by atoms with E-state index in [9.17, 15) is 19.5 Å². The Balaban J connectivity index is 2.20. The maximum absolute atomic E-state index is 12.8. The minimum absolute atomic E-state index is 0.0916. The Labute approximate surface area is 161 Å². The molecule has 2 aromatic carbocycles. The summed E-state index contributed by atoms with van der Waals surface area (Å²) in [5.41, 5.74) is 0.789. The lowest BCUT2D eigenvalue weighted by Gasteiger charge is -2.26. The SMILES string of the molecule is COc1ccccc1[C@@H]1C(=C(O)c2ccccc2)C(=O)C(=O)N1CCC(=O)O. The molecule has 1 amide bonds. The summed E-state index contributed by atoms with van der Waals surface area (Å²) in [4.78, 5) is 37.6. The fourth-order valence-corrected chi connectivity index (χ4v) is 3.29. The molecule has 2 aromatic rings. The first-order valence-corrected chi connectivity index (χ1v) is 8.64. The molecule has 1 fully saturated rings. The molecule has 0 saturated carbocycles. The number of carbonyl (C=O) groups is 3. The zero-order valence-corrected chi connectivity index (χ0v) is 15.2. The standard InChI is InChI=1S/C21H19NO6/c1-28-15-10-6-5-9-14(15)18-17(19(25)13-7-3-2-4-8-13)20(26)21(27)22(18)12-11-16(23)24/h2-10,18,25H,11-12H2,1H3,(H,23,24)/t18-/m1/s1. The number of benzene rings is 2. The minimum atomic E-state index is -1.09. The molecule has 0 aromatic heterocycles. The number of carboxylic acids is 1. The second-order valence-electron chi connectivity index (χ2n) is 6.24. The highest BCUT2D eigenvalue weighted by Crippen LogP contribution is 2.42. The number of aliphatic carboxylic acids is 1. The van der Waals surface area contributed by atoms with E-state index in [1.165, 1.54) is 12.0 Å². The lowest BCUT2D eigenvalue weighted by atomic mass is 9.94. The molecule has 1 heterocycles. The molecule has 2 N–H and O–H groups in total. The minimum Gasteiger partial charge on any atom is -0.507 e. The van der Waals surface area contributed by atoms with Crippen molar-refractivity contribution in [3.63, 3.8) is 0 Å². The maximum Gasteiger partial charge on any atom is 0.305 e. The third-order valence-corrected chi connectivity index (χ3v) is 4.59. The van der Waals surface area contributed by atoms with Gasteiger partial charge in [-0.05, 0) is 6.07 Å². The van der Waals surface area contributed by atoms with Crippen molar-refractivity contribution in [1.82, 2.24) is 4.90 Å². The van der Waals surface area contributed by atoms with Crippen LogP contribution in [0.1, 0.15) is 23.6 Å². The number of methoxy groups -OCH3 is 1. The van der Waals surface area contributed by atoms with Crippen molar-refractivity contribution < 1.29 is 29.3 Å². The van der Waals surface area contributed by atoms with Crippen LogP contribution in [0.2, 0.25) is 0 Å². The van der Waals surface area contributed by atoms with E-state index in [2.05, 4.69) is 0 Å². The van der Waals surface area contributed by atoms with Crippen molar-refractivity contribution in [2.75, 3.05) is 13.7 Å². The van der Waals surface area contributed by atoms with E-state index in [4.69, 9.17) is 9.84 Å². The van der Waals surface area contributed by atoms with Crippen LogP contribution >= 0.6 is 0 Å². The molecular formula is C21H19NO6. The topological polar surface area (TPSA) is 104 Å². The van der Waals surface area contributed by atoms with E-state index in [1.54, 1.807) is 54.6 Å². The number of para-hydroxylation sites is 1. The predicted octanol–water partition coefficient (Wildman–Crippen LogP) is 2.59. The van der Waals surface area contributed by atoms with Crippen molar-refractivity contribution in [2.24, 2.45) is 0 Å². The molecule has 0 aliphatic carbocycles. The smallest absolute Gasteiger partial charge is 0.305 e. The van der Waals surface area contributed by atoms with Gasteiger partial charge in [-0.1, -0.05) is 48.5 Å². The molecule has 1 aliphatic heterocycles. The number of ether oxygens (including phenoxy) is 1. The van der Waals surface area contributed by atoms with E-state index in [0.29, 0.717) is 16.9 Å². The molecule has 3 rings (SSSR count). The molecular weight excluding hydrogens is 362 g/mol. The van der Waals surface area contributed by atoms with E-state index >= 15 is 0 Å². The number of nitrogens with zero attached hydrogens (tertiary/aromatic N) is 1. The fraction of sp³-hybridized carbons (Fsp3) is 0.190. The number of ketones is 1. The van der Waals surface area contributed by atoms with Gasteiger partial charge in [0.05, 0.1) is 25.1 Å². The molecule has 28 heavy (non-hydrogen) atoms. The Kier molecular flexibility index (Phi) is 5.44. The number of hydrogen-bond acceptors (Lipinski definition) is 5. The second kappa shape index (κ2) is 7.96. The van der Waals surface area contributed by atoms with Gasteiger partial charge in [0.15, 0.2) is 0 Å². The average Bonchev–Trinajstić information content (AvgIpc) is 2.96. The highest BCUT2D eigenvalue weighted by molar-refractivity contribution is 6.46. The van der Waals surface area contributed by atoms with E-state index in [0.717, 1.165) is 0 Å². The summed E-state index contributed by atoms with van der Waals surface area (Å²) in [5.74, 6) is -2.69. The normalized spacial score (nSPS) is 18.3. The highest BCUT2D eigenvalue weighted by Gasteiger charge is 2.46. The molecule has 0 radical (unpaired) electrons. The Hall–Kier alpha value is -3.61. The van der Waals surface area contributed by atoms with Crippen molar-refractivity contribution in [3.8, 4) is 5.75 Å². The zero-order chi connectivity index (χ0) is 20.3. The van der Waals surface area contributed by atoms with Crippen LogP contribution in [0.4, 0.5) is 0 Å². The van der Waals surface area contributed by atoms with E-state index in [1.807, 2.05) is 0 Å². The molecule has 0 bridgehead atoms. The van der Waals surface area contributed by atoms with Crippen molar-refractivity contribution in [3.05, 3.63) is 71.3 Å². The lowest BCUT2D eigenvalue weighted by Crippen LogP contribution is -2.32. The van der Waals surface area contributed by atoms with Gasteiger partial charge in [0.1, 0.15) is 11.5 Å². The quantitative estimate of drug-likeness (QED) is 0.453. The summed E-state index contributed by atoms with van der Waals surface area (Å²) < 4.78 is 5.37. The summed E-state index contributed by atoms with van der Waals surface area (Å²) in [6, 6.07) is 14.3. The number of amides is 1. The second-order valence-corrected chi connectivity index (χ2v) is 6.24. The number of rotatable bonds is 6. The van der Waals surface area contributed by atoms with Gasteiger partial charge in [-0.15, -0.1) is 0 Å². The first-order valence-electron chi connectivity index (χ1n) is 8.64. The number of carbonyl (C=O) groups excluding carboxylic acids is 2. The number of likely N-dealkylation sites (tertiary alicyclic amines) is 1. The number of aliphatic hydroxyl groups is 1. The van der Waals surface area contributed by atoms with Crippen molar-refractivity contribution in [1.29, 1.82) is 0 Å². The summed E-state index contributed by atoms with van der Waals surface area (Å²) in [7, 11) is 1.46. The van der Waals surface area contributed by atoms with Crippen molar-refractivity contribution >= 4 is 23.4 Å². The van der Waals surface area contributed by atoms with Crippen LogP contribution in [-0.2, 0) is 14.4 Å². The third kappa shape index (κ3) is 3.46. The fourth-order valence-electron chi connectivity index (χ4n) is 3.29. The van der Waals surface area contributed by atoms with Crippen LogP contribution in [-0.4, -0.2) is 46.4 Å². The zero-order valence-electron chi connectivity index (χ0n) is 15.2. The van der Waals surface area contributed by atoms with Crippen LogP contribution < -0.4 is 4.74 Å². The molecule has 1 saturated heterocycles. The van der Waals surface area contributed by atoms with Gasteiger partial charge in [-0.2, -0.15) is 0 Å². The van der Waals surface area contributed by atoms with Crippen LogP contribution in [0.15, 0.2) is 60.2 Å². The Morgan fingerprint density at radius 2 is 1.68 bits per heavy atom. The van der Waals surface area contributed by atoms with Gasteiger partial charge >= 0.3 is 5.97 Å². The largest absolute Gasteiger partial charge is 0.507 e. The molecule has 0 unspecified atom stereocenters. The Bertz CT molecular complexity index is 950. The van der Waals surface area contributed by atoms with E-state index in [-0.39, 0.29) is 24.3 Å². The summed E-state index contributed by atoms with van der Waals surface area (Å²) in [6.45, 7) is -0.172. The highest BCUT2D eigenvalue weighted by atomic mass is 16.5. The van der Waals surface area contributed by atoms with Gasteiger partial charge in [0.2, 0.25) is 0 Å². The van der Waals surface area contributed by atoms with Gasteiger partial charge in [0, 0.05) is 17.7 Å². The first kappa shape index (κ1) is 19.2. The van der Waals surface area contributed by atoms with Crippen molar-refractivity contribution in [2.45, 2.75) is 12.5 Å². The Morgan fingerprint density at radius 1 is 1.04 bits per heavy atom. The molecule has 7 heteroatoms. The van der Waals surface area contributed by atoms with Gasteiger partial charge in [-0.25, -0.2) is 0 Å². The summed E-state index contributed by atoms with van der Waals surface area (Å²) >= 11 is 0. The van der Waals surface area contributed by atoms with Gasteiger partial charge < -0.3 is 19.8 Å². The lowest BCUT2D eigenvalue weighted by molar-refractivity contribution is -0.142. The van der Waals surface area contributed by atoms with Crippen LogP contribution in [0.25, 0.3) is 5.76 Å².